The molecule has 0 aliphatic carbocycles. The maximum Gasteiger partial charge on any atom is 0.0285 e. The molecule has 1 unspecified atom stereocenters. The minimum Gasteiger partial charge on any atom is -0.314 e. The predicted molar refractivity (Wildman–Crippen MR) is 86.6 cm³/mol. The van der Waals surface area contributed by atoms with E-state index >= 15 is 0 Å². The first kappa shape index (κ1) is 16.2. The summed E-state index contributed by atoms with van der Waals surface area (Å²) in [7, 11) is 0. The number of hydrogen-bond donors (Lipinski definition) is 1. The molecule has 0 saturated heterocycles. The SMILES string of the molecule is CCCCCCCC(Cc1cc(Br)cs1)NCC. The number of thiophene rings is 1. The van der Waals surface area contributed by atoms with Crippen molar-refractivity contribution in [1.82, 2.24) is 5.32 Å². The van der Waals surface area contributed by atoms with Gasteiger partial charge in [-0.1, -0.05) is 46.0 Å². The lowest BCUT2D eigenvalue weighted by Gasteiger charge is -2.17. The van der Waals surface area contributed by atoms with Crippen molar-refractivity contribution in [2.45, 2.75) is 64.8 Å². The second-order valence-corrected chi connectivity index (χ2v) is 6.80. The lowest BCUT2D eigenvalue weighted by Crippen LogP contribution is -2.30. The van der Waals surface area contributed by atoms with Gasteiger partial charge in [-0.25, -0.2) is 0 Å². The summed E-state index contributed by atoms with van der Waals surface area (Å²) >= 11 is 5.40. The van der Waals surface area contributed by atoms with Crippen molar-refractivity contribution in [3.05, 3.63) is 20.8 Å². The third-order valence-corrected chi connectivity index (χ3v) is 4.94. The lowest BCUT2D eigenvalue weighted by atomic mass is 10.0. The highest BCUT2D eigenvalue weighted by molar-refractivity contribution is 9.10. The Labute approximate surface area is 125 Å². The largest absolute Gasteiger partial charge is 0.314 e. The third-order valence-electron chi connectivity index (χ3n) is 3.22. The highest BCUT2D eigenvalue weighted by Gasteiger charge is 2.09. The van der Waals surface area contributed by atoms with Gasteiger partial charge in [-0.3, -0.25) is 0 Å². The highest BCUT2D eigenvalue weighted by Crippen LogP contribution is 2.22. The van der Waals surface area contributed by atoms with Gasteiger partial charge >= 0.3 is 0 Å². The molecule has 3 heteroatoms. The monoisotopic (exact) mass is 331 g/mol. The lowest BCUT2D eigenvalue weighted by molar-refractivity contribution is 0.463. The minimum atomic E-state index is 0.655. The Morgan fingerprint density at radius 1 is 1.22 bits per heavy atom. The quantitative estimate of drug-likeness (QED) is 0.566. The summed E-state index contributed by atoms with van der Waals surface area (Å²) in [5.74, 6) is 0. The van der Waals surface area contributed by atoms with Crippen LogP contribution in [0.1, 0.15) is 57.2 Å². The van der Waals surface area contributed by atoms with E-state index in [2.05, 4.69) is 46.5 Å². The van der Waals surface area contributed by atoms with Gasteiger partial charge in [-0.05, 0) is 41.4 Å². The Bertz CT molecular complexity index is 311. The Balaban J connectivity index is 2.26. The molecule has 0 aromatic carbocycles. The molecule has 1 heterocycles. The van der Waals surface area contributed by atoms with Crippen LogP contribution in [0.4, 0.5) is 0 Å². The topological polar surface area (TPSA) is 12.0 Å². The Morgan fingerprint density at radius 2 is 2.00 bits per heavy atom. The molecule has 0 spiro atoms. The zero-order valence-corrected chi connectivity index (χ0v) is 14.1. The molecular formula is C15H26BrNS. The first-order valence-corrected chi connectivity index (χ1v) is 8.89. The fraction of sp³-hybridized carbons (Fsp3) is 0.733. The van der Waals surface area contributed by atoms with E-state index in [1.807, 2.05) is 11.3 Å². The number of halogens is 1. The van der Waals surface area contributed by atoms with Gasteiger partial charge in [-0.2, -0.15) is 0 Å². The molecule has 18 heavy (non-hydrogen) atoms. The summed E-state index contributed by atoms with van der Waals surface area (Å²) in [6, 6.07) is 2.91. The zero-order chi connectivity index (χ0) is 13.2. The second kappa shape index (κ2) is 9.99. The van der Waals surface area contributed by atoms with Crippen LogP contribution in [-0.2, 0) is 6.42 Å². The fourth-order valence-electron chi connectivity index (χ4n) is 2.26. The molecule has 1 N–H and O–H groups in total. The maximum atomic E-state index is 3.62. The van der Waals surface area contributed by atoms with Gasteiger partial charge in [-0.15, -0.1) is 11.3 Å². The molecule has 104 valence electrons. The van der Waals surface area contributed by atoms with Crippen molar-refractivity contribution in [3.8, 4) is 0 Å². The fourth-order valence-corrected chi connectivity index (χ4v) is 3.80. The van der Waals surface area contributed by atoms with Crippen LogP contribution in [0.25, 0.3) is 0 Å². The molecule has 1 nitrogen and oxygen atoms in total. The normalized spacial score (nSPS) is 12.8. The predicted octanol–water partition coefficient (Wildman–Crippen LogP) is 5.39. The smallest absolute Gasteiger partial charge is 0.0285 e. The van der Waals surface area contributed by atoms with Gasteiger partial charge in [0.25, 0.3) is 0 Å². The summed E-state index contributed by atoms with van der Waals surface area (Å²) in [6.07, 6.45) is 9.38. The minimum absolute atomic E-state index is 0.655. The molecule has 0 saturated carbocycles. The van der Waals surface area contributed by atoms with Gasteiger partial charge < -0.3 is 5.32 Å². The molecule has 0 fully saturated rings. The van der Waals surface area contributed by atoms with Crippen LogP contribution in [0, 0.1) is 0 Å². The van der Waals surface area contributed by atoms with E-state index in [9.17, 15) is 0 Å². The van der Waals surface area contributed by atoms with Gasteiger partial charge in [0, 0.05) is 20.8 Å². The van der Waals surface area contributed by atoms with Gasteiger partial charge in [0.2, 0.25) is 0 Å². The summed E-state index contributed by atoms with van der Waals surface area (Å²) in [6.45, 7) is 5.55. The van der Waals surface area contributed by atoms with Crippen molar-refractivity contribution >= 4 is 27.3 Å². The standard InChI is InChI=1S/C15H26BrNS/c1-3-5-6-7-8-9-14(17-4-2)11-15-10-13(16)12-18-15/h10,12,14,17H,3-9,11H2,1-2H3. The van der Waals surface area contributed by atoms with Crippen molar-refractivity contribution < 1.29 is 0 Å². The maximum absolute atomic E-state index is 3.62. The van der Waals surface area contributed by atoms with Crippen molar-refractivity contribution in [1.29, 1.82) is 0 Å². The number of likely N-dealkylation sites (N-methyl/N-ethyl adjacent to an activating group) is 1. The van der Waals surface area contributed by atoms with Crippen molar-refractivity contribution in [2.75, 3.05) is 6.54 Å². The van der Waals surface area contributed by atoms with E-state index in [4.69, 9.17) is 0 Å². The molecule has 1 rings (SSSR count). The molecule has 0 aliphatic rings. The summed E-state index contributed by atoms with van der Waals surface area (Å²) < 4.78 is 1.22. The van der Waals surface area contributed by atoms with Crippen LogP contribution in [-0.4, -0.2) is 12.6 Å². The molecule has 1 atom stereocenters. The van der Waals surface area contributed by atoms with E-state index in [0.717, 1.165) is 6.54 Å². The van der Waals surface area contributed by atoms with Crippen LogP contribution in [0.5, 0.6) is 0 Å². The van der Waals surface area contributed by atoms with Crippen LogP contribution < -0.4 is 5.32 Å². The average molecular weight is 332 g/mol. The first-order valence-electron chi connectivity index (χ1n) is 7.22. The van der Waals surface area contributed by atoms with Crippen LogP contribution in [0.15, 0.2) is 15.9 Å². The van der Waals surface area contributed by atoms with E-state index in [1.165, 1.54) is 54.3 Å². The number of rotatable bonds is 10. The van der Waals surface area contributed by atoms with E-state index in [-0.39, 0.29) is 0 Å². The summed E-state index contributed by atoms with van der Waals surface area (Å²) in [4.78, 5) is 1.49. The third kappa shape index (κ3) is 6.91. The van der Waals surface area contributed by atoms with Crippen molar-refractivity contribution in [3.63, 3.8) is 0 Å². The average Bonchev–Trinajstić information content (AvgIpc) is 2.75. The first-order chi connectivity index (χ1) is 8.76. The molecule has 0 bridgehead atoms. The second-order valence-electron chi connectivity index (χ2n) is 4.89. The summed E-state index contributed by atoms with van der Waals surface area (Å²) in [5.41, 5.74) is 0. The van der Waals surface area contributed by atoms with Crippen LogP contribution in [0.3, 0.4) is 0 Å². The van der Waals surface area contributed by atoms with Crippen molar-refractivity contribution in [2.24, 2.45) is 0 Å². The highest BCUT2D eigenvalue weighted by atomic mass is 79.9. The summed E-state index contributed by atoms with van der Waals surface area (Å²) in [5, 5.41) is 5.80. The molecular weight excluding hydrogens is 306 g/mol. The van der Waals surface area contributed by atoms with Gasteiger partial charge in [0.1, 0.15) is 0 Å². The molecule has 1 aromatic rings. The van der Waals surface area contributed by atoms with E-state index in [1.54, 1.807) is 0 Å². The number of unbranched alkanes of at least 4 members (excludes halogenated alkanes) is 4. The van der Waals surface area contributed by atoms with Gasteiger partial charge in [0.05, 0.1) is 0 Å². The molecule has 0 amide bonds. The number of hydrogen-bond acceptors (Lipinski definition) is 2. The Hall–Kier alpha value is 0.140. The van der Waals surface area contributed by atoms with Gasteiger partial charge in [0.15, 0.2) is 0 Å². The zero-order valence-electron chi connectivity index (χ0n) is 11.7. The van der Waals surface area contributed by atoms with Crippen LogP contribution >= 0.6 is 27.3 Å². The van der Waals surface area contributed by atoms with Crippen LogP contribution in [0.2, 0.25) is 0 Å². The van der Waals surface area contributed by atoms with E-state index in [0.29, 0.717) is 6.04 Å². The molecule has 1 aromatic heterocycles. The molecule has 0 radical (unpaired) electrons. The molecule has 0 aliphatic heterocycles. The Kier molecular flexibility index (Phi) is 8.99. The Morgan fingerprint density at radius 3 is 2.61 bits per heavy atom. The number of nitrogens with one attached hydrogen (secondary N) is 1. The van der Waals surface area contributed by atoms with E-state index < -0.39 is 0 Å².